The number of hydrogen-bond donors (Lipinski definition) is 1. The van der Waals surface area contributed by atoms with Crippen molar-refractivity contribution < 1.29 is 9.53 Å². The predicted octanol–water partition coefficient (Wildman–Crippen LogP) is 5.67. The fraction of sp³-hybridized carbons (Fsp3) is 0.440. The number of para-hydroxylation sites is 1. The molecular weight excluding hydrogens is 360 g/mol. The smallest absolute Gasteiger partial charge is 0.163 e. The number of ether oxygens (including phenoxy) is 1. The van der Waals surface area contributed by atoms with Gasteiger partial charge in [0.1, 0.15) is 11.5 Å². The lowest BCUT2D eigenvalue weighted by molar-refractivity contribution is 0.0864. The number of nitriles is 1. The van der Waals surface area contributed by atoms with E-state index < -0.39 is 0 Å². The van der Waals surface area contributed by atoms with Crippen molar-refractivity contribution in [2.24, 2.45) is 5.92 Å². The Kier molecular flexibility index (Phi) is 6.10. The van der Waals surface area contributed by atoms with E-state index in [1.54, 1.807) is 0 Å². The van der Waals surface area contributed by atoms with Crippen LogP contribution in [0.15, 0.2) is 48.5 Å². The average molecular weight is 391 g/mol. The van der Waals surface area contributed by atoms with Gasteiger partial charge in [-0.25, -0.2) is 0 Å². The molecule has 0 saturated carbocycles. The third-order valence-electron chi connectivity index (χ3n) is 5.40. The number of Topliss-reactive ketones (excluding diaryl/α,β-unsaturated/α-hetero) is 1. The van der Waals surface area contributed by atoms with Crippen molar-refractivity contribution >= 4 is 5.78 Å². The minimum atomic E-state index is 0.0429. The highest BCUT2D eigenvalue weighted by molar-refractivity contribution is 5.96. The standard InChI is InChI=1S/C25H30N2O2/c1-24(2)16-18(17-25(3,4)27-24)15-22(28)19-9-11-21(12-10-19)29-23-8-6-5-7-20(23)13-14-26/h5-12,18,27H,13,15-17H2,1-4H3. The molecule has 4 heteroatoms. The van der Waals surface area contributed by atoms with Crippen LogP contribution >= 0.6 is 0 Å². The molecule has 29 heavy (non-hydrogen) atoms. The van der Waals surface area contributed by atoms with Gasteiger partial charge in [0.05, 0.1) is 12.5 Å². The van der Waals surface area contributed by atoms with Crippen LogP contribution in [-0.4, -0.2) is 16.9 Å². The Bertz CT molecular complexity index is 891. The normalized spacial score (nSPS) is 18.0. The fourth-order valence-electron chi connectivity index (χ4n) is 4.73. The van der Waals surface area contributed by atoms with Crippen LogP contribution < -0.4 is 10.1 Å². The number of nitrogens with one attached hydrogen (secondary N) is 1. The molecule has 0 aliphatic carbocycles. The van der Waals surface area contributed by atoms with E-state index in [1.165, 1.54) is 0 Å². The van der Waals surface area contributed by atoms with E-state index in [0.717, 1.165) is 24.0 Å². The van der Waals surface area contributed by atoms with E-state index >= 15 is 0 Å². The molecule has 1 fully saturated rings. The fourth-order valence-corrected chi connectivity index (χ4v) is 4.73. The molecule has 0 bridgehead atoms. The number of benzene rings is 2. The zero-order valence-electron chi connectivity index (χ0n) is 17.8. The van der Waals surface area contributed by atoms with Crippen LogP contribution in [0.3, 0.4) is 0 Å². The van der Waals surface area contributed by atoms with E-state index in [9.17, 15) is 4.79 Å². The van der Waals surface area contributed by atoms with Gasteiger partial charge >= 0.3 is 0 Å². The first-order valence-electron chi connectivity index (χ1n) is 10.2. The number of rotatable bonds is 6. The monoisotopic (exact) mass is 390 g/mol. The van der Waals surface area contributed by atoms with Crippen molar-refractivity contribution in [3.8, 4) is 17.6 Å². The van der Waals surface area contributed by atoms with Crippen LogP contribution in [0.4, 0.5) is 0 Å². The van der Waals surface area contributed by atoms with Gasteiger partial charge in [-0.15, -0.1) is 0 Å². The average Bonchev–Trinajstić information content (AvgIpc) is 2.61. The molecule has 1 heterocycles. The second kappa shape index (κ2) is 8.39. The van der Waals surface area contributed by atoms with Gasteiger partial charge in [0, 0.05) is 28.6 Å². The second-order valence-electron chi connectivity index (χ2n) is 9.36. The molecule has 1 N–H and O–H groups in total. The number of hydrogen-bond acceptors (Lipinski definition) is 4. The van der Waals surface area contributed by atoms with Crippen molar-refractivity contribution in [1.82, 2.24) is 5.32 Å². The zero-order valence-corrected chi connectivity index (χ0v) is 17.8. The summed E-state index contributed by atoms with van der Waals surface area (Å²) in [7, 11) is 0. The number of nitrogens with zero attached hydrogens (tertiary/aromatic N) is 1. The highest BCUT2D eigenvalue weighted by atomic mass is 16.5. The van der Waals surface area contributed by atoms with Crippen LogP contribution in [0.2, 0.25) is 0 Å². The summed E-state index contributed by atoms with van der Waals surface area (Å²) in [4.78, 5) is 12.8. The predicted molar refractivity (Wildman–Crippen MR) is 115 cm³/mol. The van der Waals surface area contributed by atoms with Crippen molar-refractivity contribution in [3.63, 3.8) is 0 Å². The minimum absolute atomic E-state index is 0.0429. The third-order valence-corrected chi connectivity index (χ3v) is 5.40. The van der Waals surface area contributed by atoms with Crippen LogP contribution in [-0.2, 0) is 6.42 Å². The molecule has 2 aromatic carbocycles. The molecule has 1 saturated heterocycles. The Morgan fingerprint density at radius 3 is 2.31 bits per heavy atom. The highest BCUT2D eigenvalue weighted by Crippen LogP contribution is 2.35. The second-order valence-corrected chi connectivity index (χ2v) is 9.36. The van der Waals surface area contributed by atoms with Crippen molar-refractivity contribution in [2.75, 3.05) is 0 Å². The van der Waals surface area contributed by atoms with Gasteiger partial charge in [0.25, 0.3) is 0 Å². The first kappa shape index (κ1) is 21.1. The summed E-state index contributed by atoms with van der Waals surface area (Å²) in [5, 5.41) is 12.6. The van der Waals surface area contributed by atoms with Gasteiger partial charge < -0.3 is 10.1 Å². The number of ketones is 1. The summed E-state index contributed by atoms with van der Waals surface area (Å²) >= 11 is 0. The summed E-state index contributed by atoms with van der Waals surface area (Å²) in [6.45, 7) is 8.84. The molecule has 0 unspecified atom stereocenters. The largest absolute Gasteiger partial charge is 0.457 e. The van der Waals surface area contributed by atoms with Crippen LogP contribution in [0.25, 0.3) is 0 Å². The zero-order chi connectivity index (χ0) is 21.1. The molecule has 0 atom stereocenters. The first-order valence-corrected chi connectivity index (χ1v) is 10.2. The lowest BCUT2D eigenvalue weighted by Crippen LogP contribution is -2.57. The topological polar surface area (TPSA) is 62.1 Å². The Morgan fingerprint density at radius 1 is 1.07 bits per heavy atom. The maximum Gasteiger partial charge on any atom is 0.163 e. The maximum atomic E-state index is 12.8. The molecule has 1 aliphatic heterocycles. The summed E-state index contributed by atoms with van der Waals surface area (Å²) in [5.74, 6) is 1.89. The summed E-state index contributed by atoms with van der Waals surface area (Å²) < 4.78 is 5.93. The summed E-state index contributed by atoms with van der Waals surface area (Å²) in [6, 6.07) is 17.0. The Balaban J connectivity index is 1.66. The van der Waals surface area contributed by atoms with E-state index in [4.69, 9.17) is 10.00 Å². The quantitative estimate of drug-likeness (QED) is 0.645. The molecule has 0 spiro atoms. The van der Waals surface area contributed by atoms with E-state index in [1.807, 2.05) is 48.5 Å². The molecule has 4 nitrogen and oxygen atoms in total. The van der Waals surface area contributed by atoms with Crippen LogP contribution in [0.5, 0.6) is 11.5 Å². The maximum absolute atomic E-state index is 12.8. The van der Waals surface area contributed by atoms with E-state index in [-0.39, 0.29) is 16.9 Å². The van der Waals surface area contributed by atoms with Gasteiger partial charge in [0.2, 0.25) is 0 Å². The van der Waals surface area contributed by atoms with Crippen molar-refractivity contribution in [2.45, 2.75) is 64.5 Å². The van der Waals surface area contributed by atoms with E-state index in [0.29, 0.717) is 30.3 Å². The van der Waals surface area contributed by atoms with Gasteiger partial charge in [-0.2, -0.15) is 5.26 Å². The molecular formula is C25H30N2O2. The molecule has 0 radical (unpaired) electrons. The summed E-state index contributed by atoms with van der Waals surface area (Å²) in [6.07, 6.45) is 2.87. The Hall–Kier alpha value is -2.64. The SMILES string of the molecule is CC1(C)CC(CC(=O)c2ccc(Oc3ccccc3CC#N)cc2)CC(C)(C)N1. The lowest BCUT2D eigenvalue weighted by Gasteiger charge is -2.46. The molecule has 3 rings (SSSR count). The lowest BCUT2D eigenvalue weighted by atomic mass is 9.74. The van der Waals surface area contributed by atoms with Gasteiger partial charge in [-0.05, 0) is 76.8 Å². The third kappa shape index (κ3) is 5.68. The van der Waals surface area contributed by atoms with Gasteiger partial charge in [0.15, 0.2) is 5.78 Å². The Labute approximate surface area is 173 Å². The number of carbonyl (C=O) groups excluding carboxylic acids is 1. The molecule has 152 valence electrons. The minimum Gasteiger partial charge on any atom is -0.457 e. The van der Waals surface area contributed by atoms with Gasteiger partial charge in [-0.1, -0.05) is 18.2 Å². The molecule has 1 aliphatic rings. The van der Waals surface area contributed by atoms with Crippen molar-refractivity contribution in [3.05, 3.63) is 59.7 Å². The molecule has 0 aromatic heterocycles. The number of piperidine rings is 1. The molecule has 0 amide bonds. The van der Waals surface area contributed by atoms with Crippen molar-refractivity contribution in [1.29, 1.82) is 5.26 Å². The van der Waals surface area contributed by atoms with E-state index in [2.05, 4.69) is 39.1 Å². The number of carbonyl (C=O) groups is 1. The first-order chi connectivity index (χ1) is 13.7. The molecule has 2 aromatic rings. The summed E-state index contributed by atoms with van der Waals surface area (Å²) in [5.41, 5.74) is 1.66. The van der Waals surface area contributed by atoms with Crippen LogP contribution in [0, 0.1) is 17.2 Å². The Morgan fingerprint density at radius 2 is 1.69 bits per heavy atom. The van der Waals surface area contributed by atoms with Crippen LogP contribution in [0.1, 0.15) is 62.9 Å². The highest BCUT2D eigenvalue weighted by Gasteiger charge is 2.38. The van der Waals surface area contributed by atoms with Gasteiger partial charge in [-0.3, -0.25) is 4.79 Å².